The highest BCUT2D eigenvalue weighted by molar-refractivity contribution is 8.01. The van der Waals surface area contributed by atoms with Gasteiger partial charge in [0, 0.05) is 17.9 Å². The van der Waals surface area contributed by atoms with E-state index < -0.39 is 11.2 Å². The van der Waals surface area contributed by atoms with Crippen LogP contribution in [-0.4, -0.2) is 28.8 Å². The lowest BCUT2D eigenvalue weighted by Crippen LogP contribution is -2.43. The summed E-state index contributed by atoms with van der Waals surface area (Å²) in [6.45, 7) is 0.707. The van der Waals surface area contributed by atoms with Gasteiger partial charge < -0.3 is 4.90 Å². The second-order valence-electron chi connectivity index (χ2n) is 6.60. The van der Waals surface area contributed by atoms with E-state index in [-0.39, 0.29) is 12.3 Å². The number of fused-ring (bicyclic) bond motifs is 1. The van der Waals surface area contributed by atoms with Crippen molar-refractivity contribution in [1.29, 1.82) is 0 Å². The number of nitrogens with one attached hydrogen (secondary N) is 1. The van der Waals surface area contributed by atoms with Crippen LogP contribution in [0.1, 0.15) is 44.9 Å². The smallest absolute Gasteiger partial charge is 0.244 e. The molecule has 0 bridgehead atoms. The molecule has 1 aliphatic carbocycles. The number of thioether (sulfide) groups is 1. The van der Waals surface area contributed by atoms with Gasteiger partial charge in [0.05, 0.1) is 10.9 Å². The highest BCUT2D eigenvalue weighted by atomic mass is 32.2. The largest absolute Gasteiger partial charge is 0.310 e. The molecule has 1 heterocycles. The van der Waals surface area contributed by atoms with E-state index >= 15 is 0 Å². The Balaban J connectivity index is 1.74. The van der Waals surface area contributed by atoms with E-state index in [2.05, 4.69) is 0 Å². The maximum absolute atomic E-state index is 12.9. The number of nitrogens with zero attached hydrogens (tertiary/aromatic N) is 1. The fraction of sp³-hybridized carbons (Fsp3) is 0.556. The molecule has 24 heavy (non-hydrogen) atoms. The van der Waals surface area contributed by atoms with Crippen LogP contribution >= 0.6 is 11.8 Å². The first-order valence-corrected chi connectivity index (χ1v) is 9.57. The van der Waals surface area contributed by atoms with E-state index in [1.165, 1.54) is 43.9 Å². The molecule has 3 rings (SSSR count). The van der Waals surface area contributed by atoms with Crippen molar-refractivity contribution < 1.29 is 14.8 Å². The summed E-state index contributed by atoms with van der Waals surface area (Å²) in [6, 6.07) is 7.86. The molecule has 0 saturated heterocycles. The molecular weight excluding hydrogens is 324 g/mol. The monoisotopic (exact) mass is 348 g/mol. The van der Waals surface area contributed by atoms with Gasteiger partial charge in [-0.25, -0.2) is 5.48 Å². The van der Waals surface area contributed by atoms with E-state index in [1.807, 2.05) is 29.2 Å². The summed E-state index contributed by atoms with van der Waals surface area (Å²) in [4.78, 5) is 27.2. The van der Waals surface area contributed by atoms with E-state index in [1.54, 1.807) is 5.48 Å². The molecule has 2 aliphatic rings. The Morgan fingerprint density at radius 2 is 2.00 bits per heavy atom. The van der Waals surface area contributed by atoms with Crippen molar-refractivity contribution in [2.45, 2.75) is 55.1 Å². The highest BCUT2D eigenvalue weighted by Gasteiger charge is 2.34. The number of carbonyl (C=O) groups is 2. The molecular formula is C18H24N2O3S. The predicted molar refractivity (Wildman–Crippen MR) is 94.2 cm³/mol. The number of hydrogen-bond acceptors (Lipinski definition) is 4. The summed E-state index contributed by atoms with van der Waals surface area (Å²) < 4.78 is 0. The SMILES string of the molecule is O=C(CC1Sc2ccccc2N(CCC2CCCCC2)C1=O)NO. The van der Waals surface area contributed by atoms with Crippen LogP contribution in [-0.2, 0) is 9.59 Å². The Morgan fingerprint density at radius 3 is 2.75 bits per heavy atom. The fourth-order valence-electron chi connectivity index (χ4n) is 3.64. The van der Waals surface area contributed by atoms with Crippen LogP contribution in [0.25, 0.3) is 0 Å². The van der Waals surface area contributed by atoms with Crippen molar-refractivity contribution in [3.05, 3.63) is 24.3 Å². The van der Waals surface area contributed by atoms with Gasteiger partial charge in [-0.05, 0) is 24.5 Å². The lowest BCUT2D eigenvalue weighted by molar-refractivity contribution is -0.131. The predicted octanol–water partition coefficient (Wildman–Crippen LogP) is 3.36. The number of benzene rings is 1. The summed E-state index contributed by atoms with van der Waals surface area (Å²) >= 11 is 1.41. The van der Waals surface area contributed by atoms with Crippen LogP contribution < -0.4 is 10.4 Å². The van der Waals surface area contributed by atoms with Crippen molar-refractivity contribution in [3.63, 3.8) is 0 Å². The van der Waals surface area contributed by atoms with Crippen LogP contribution in [0.15, 0.2) is 29.2 Å². The third-order valence-electron chi connectivity index (χ3n) is 4.95. The molecule has 0 spiro atoms. The Hall–Kier alpha value is -1.53. The Morgan fingerprint density at radius 1 is 1.25 bits per heavy atom. The number of para-hydroxylation sites is 1. The summed E-state index contributed by atoms with van der Waals surface area (Å²) in [7, 11) is 0. The van der Waals surface area contributed by atoms with Gasteiger partial charge in [0.2, 0.25) is 11.8 Å². The maximum atomic E-state index is 12.9. The fourth-order valence-corrected chi connectivity index (χ4v) is 4.86. The average molecular weight is 348 g/mol. The number of hydrogen-bond donors (Lipinski definition) is 2. The minimum absolute atomic E-state index is 0.00569. The highest BCUT2D eigenvalue weighted by Crippen LogP contribution is 2.40. The van der Waals surface area contributed by atoms with E-state index in [9.17, 15) is 9.59 Å². The first-order valence-electron chi connectivity index (χ1n) is 8.69. The molecule has 1 fully saturated rings. The van der Waals surface area contributed by atoms with Gasteiger partial charge in [0.15, 0.2) is 0 Å². The quantitative estimate of drug-likeness (QED) is 0.632. The standard InChI is InChI=1S/C18H24N2O3S/c21-17(19-23)12-16-18(22)20(11-10-13-6-2-1-3-7-13)14-8-4-5-9-15(14)24-16/h4-5,8-9,13,16,23H,1-3,6-7,10-12H2,(H,19,21). The van der Waals surface area contributed by atoms with Gasteiger partial charge in [-0.15, -0.1) is 11.8 Å². The zero-order valence-electron chi connectivity index (χ0n) is 13.7. The molecule has 2 N–H and O–H groups in total. The molecule has 6 heteroatoms. The summed E-state index contributed by atoms with van der Waals surface area (Å²) in [5.74, 6) is 0.151. The summed E-state index contributed by atoms with van der Waals surface area (Å²) in [5, 5.41) is 8.28. The summed E-state index contributed by atoms with van der Waals surface area (Å²) in [6.07, 6.45) is 7.45. The third-order valence-corrected chi connectivity index (χ3v) is 6.20. The van der Waals surface area contributed by atoms with Gasteiger partial charge in [-0.2, -0.15) is 0 Å². The third kappa shape index (κ3) is 3.92. The Kier molecular flexibility index (Phi) is 5.79. The molecule has 1 aromatic carbocycles. The van der Waals surface area contributed by atoms with E-state index in [0.29, 0.717) is 12.5 Å². The average Bonchev–Trinajstić information content (AvgIpc) is 2.62. The van der Waals surface area contributed by atoms with E-state index in [0.717, 1.165) is 17.0 Å². The van der Waals surface area contributed by atoms with Crippen molar-refractivity contribution in [1.82, 2.24) is 5.48 Å². The first kappa shape index (κ1) is 17.3. The molecule has 2 amide bonds. The topological polar surface area (TPSA) is 69.6 Å². The van der Waals surface area contributed by atoms with Crippen molar-refractivity contribution in [3.8, 4) is 0 Å². The van der Waals surface area contributed by atoms with Crippen LogP contribution in [0.4, 0.5) is 5.69 Å². The Bertz CT molecular complexity index is 602. The van der Waals surface area contributed by atoms with Crippen LogP contribution in [0, 0.1) is 5.92 Å². The molecule has 0 aromatic heterocycles. The van der Waals surface area contributed by atoms with Crippen molar-refractivity contribution in [2.75, 3.05) is 11.4 Å². The van der Waals surface area contributed by atoms with Gasteiger partial charge in [0.1, 0.15) is 0 Å². The molecule has 1 saturated carbocycles. The Labute approximate surface area is 146 Å². The van der Waals surface area contributed by atoms with E-state index in [4.69, 9.17) is 5.21 Å². The van der Waals surface area contributed by atoms with Gasteiger partial charge >= 0.3 is 0 Å². The summed E-state index contributed by atoms with van der Waals surface area (Å²) in [5.41, 5.74) is 2.58. The van der Waals surface area contributed by atoms with Crippen LogP contribution in [0.5, 0.6) is 0 Å². The van der Waals surface area contributed by atoms with Gasteiger partial charge in [-0.1, -0.05) is 44.2 Å². The molecule has 1 unspecified atom stereocenters. The van der Waals surface area contributed by atoms with Gasteiger partial charge in [-0.3, -0.25) is 14.8 Å². The van der Waals surface area contributed by atoms with Crippen molar-refractivity contribution in [2.24, 2.45) is 5.92 Å². The number of anilines is 1. The first-order chi connectivity index (χ1) is 11.7. The molecule has 130 valence electrons. The molecule has 5 nitrogen and oxygen atoms in total. The van der Waals surface area contributed by atoms with Gasteiger partial charge in [0.25, 0.3) is 0 Å². The van der Waals surface area contributed by atoms with Crippen molar-refractivity contribution >= 4 is 29.3 Å². The lowest BCUT2D eigenvalue weighted by atomic mass is 9.87. The molecule has 0 radical (unpaired) electrons. The second kappa shape index (κ2) is 8.03. The normalized spacial score (nSPS) is 21.5. The number of amides is 2. The molecule has 1 aromatic rings. The van der Waals surface area contributed by atoms with Crippen LogP contribution in [0.3, 0.4) is 0 Å². The zero-order valence-corrected chi connectivity index (χ0v) is 14.6. The number of carbonyl (C=O) groups excluding carboxylic acids is 2. The zero-order chi connectivity index (χ0) is 16.9. The molecule has 1 atom stereocenters. The minimum Gasteiger partial charge on any atom is -0.310 e. The van der Waals surface area contributed by atoms with Crippen LogP contribution in [0.2, 0.25) is 0 Å². The lowest BCUT2D eigenvalue weighted by Gasteiger charge is -2.34. The maximum Gasteiger partial charge on any atom is 0.244 e. The second-order valence-corrected chi connectivity index (χ2v) is 7.84. The number of rotatable bonds is 5. The number of hydroxylamine groups is 1. The molecule has 1 aliphatic heterocycles. The minimum atomic E-state index is -0.521.